The summed E-state index contributed by atoms with van der Waals surface area (Å²) < 4.78 is 27.3. The number of nitrogens with one attached hydrogen (secondary N) is 1. The van der Waals surface area contributed by atoms with Crippen LogP contribution >= 0.6 is 0 Å². The molecule has 2 aliphatic rings. The van der Waals surface area contributed by atoms with E-state index in [-0.39, 0.29) is 18.1 Å². The van der Waals surface area contributed by atoms with Crippen LogP contribution in [0.2, 0.25) is 0 Å². The summed E-state index contributed by atoms with van der Waals surface area (Å²) in [5.41, 5.74) is 0.0560. The minimum atomic E-state index is -0.752. The van der Waals surface area contributed by atoms with Crippen LogP contribution in [0.4, 0.5) is 14.5 Å². The highest BCUT2D eigenvalue weighted by Gasteiger charge is 2.48. The summed E-state index contributed by atoms with van der Waals surface area (Å²) in [7, 11) is 0. The molecule has 1 fully saturated rings. The second-order valence-corrected chi connectivity index (χ2v) is 7.43. The summed E-state index contributed by atoms with van der Waals surface area (Å²) in [6.45, 7) is -0.269. The summed E-state index contributed by atoms with van der Waals surface area (Å²) >= 11 is 0. The molecule has 1 aliphatic carbocycles. The van der Waals surface area contributed by atoms with Gasteiger partial charge in [0.2, 0.25) is 5.91 Å². The van der Waals surface area contributed by atoms with Crippen LogP contribution in [0.15, 0.2) is 53.5 Å². The van der Waals surface area contributed by atoms with Gasteiger partial charge in [0, 0.05) is 11.6 Å². The van der Waals surface area contributed by atoms with Gasteiger partial charge in [0.25, 0.3) is 5.91 Å². The van der Waals surface area contributed by atoms with Gasteiger partial charge in [0.1, 0.15) is 29.6 Å². The monoisotopic (exact) mass is 397 g/mol. The smallest absolute Gasteiger partial charge is 0.275 e. The molecule has 1 saturated carbocycles. The highest BCUT2D eigenvalue weighted by atomic mass is 19.1. The Morgan fingerprint density at radius 1 is 1.07 bits per heavy atom. The van der Waals surface area contributed by atoms with Crippen molar-refractivity contribution < 1.29 is 18.4 Å². The largest absolute Gasteiger partial charge is 0.322 e. The van der Waals surface area contributed by atoms with Gasteiger partial charge in [0.15, 0.2) is 0 Å². The fraction of sp³-hybridized carbons (Fsp3) is 0.318. The van der Waals surface area contributed by atoms with Crippen LogP contribution in [0.3, 0.4) is 0 Å². The normalized spacial score (nSPS) is 18.1. The van der Waals surface area contributed by atoms with E-state index in [0.717, 1.165) is 37.5 Å². The number of hydrogen-bond acceptors (Lipinski definition) is 3. The molecule has 1 spiro atoms. The Kier molecular flexibility index (Phi) is 5.13. The first-order valence-corrected chi connectivity index (χ1v) is 9.71. The first-order valence-electron chi connectivity index (χ1n) is 9.71. The third-order valence-corrected chi connectivity index (χ3v) is 5.48. The predicted octanol–water partition coefficient (Wildman–Crippen LogP) is 3.90. The van der Waals surface area contributed by atoms with E-state index in [1.54, 1.807) is 0 Å². The van der Waals surface area contributed by atoms with Crippen molar-refractivity contribution in [3.05, 3.63) is 65.7 Å². The maximum absolute atomic E-state index is 13.9. The average Bonchev–Trinajstić information content (AvgIpc) is 2.98. The van der Waals surface area contributed by atoms with Crippen molar-refractivity contribution in [2.45, 2.75) is 37.8 Å². The van der Waals surface area contributed by atoms with E-state index < -0.39 is 23.2 Å². The molecular formula is C22H21F2N3O2. The molecular weight excluding hydrogens is 376 g/mol. The van der Waals surface area contributed by atoms with Crippen molar-refractivity contribution >= 4 is 23.2 Å². The van der Waals surface area contributed by atoms with Gasteiger partial charge in [-0.05, 0) is 37.8 Å². The third kappa shape index (κ3) is 3.77. The summed E-state index contributed by atoms with van der Waals surface area (Å²) in [6, 6.07) is 12.0. The van der Waals surface area contributed by atoms with Gasteiger partial charge in [0.05, 0.1) is 5.69 Å². The van der Waals surface area contributed by atoms with Crippen LogP contribution < -0.4 is 5.32 Å². The van der Waals surface area contributed by atoms with Crippen molar-refractivity contribution in [2.75, 3.05) is 11.9 Å². The minimum Gasteiger partial charge on any atom is -0.322 e. The van der Waals surface area contributed by atoms with Gasteiger partial charge < -0.3 is 10.2 Å². The molecule has 2 aromatic carbocycles. The molecule has 0 bridgehead atoms. The van der Waals surface area contributed by atoms with E-state index in [1.807, 2.05) is 30.3 Å². The second kappa shape index (κ2) is 7.73. The Morgan fingerprint density at radius 2 is 1.79 bits per heavy atom. The Labute approximate surface area is 167 Å². The lowest BCUT2D eigenvalue weighted by molar-refractivity contribution is -0.134. The van der Waals surface area contributed by atoms with Crippen LogP contribution in [0, 0.1) is 11.6 Å². The SMILES string of the molecule is O=C(CN1C(=O)C(c2ccccc2)=NC12CCCCC2)Nc1cc(F)ccc1F. The van der Waals surface area contributed by atoms with Crippen LogP contribution in [0.5, 0.6) is 0 Å². The number of anilines is 1. The molecule has 29 heavy (non-hydrogen) atoms. The molecule has 1 heterocycles. The van der Waals surface area contributed by atoms with Gasteiger partial charge in [-0.25, -0.2) is 8.78 Å². The highest BCUT2D eigenvalue weighted by molar-refractivity contribution is 6.47. The summed E-state index contributed by atoms with van der Waals surface area (Å²) in [6.07, 6.45) is 4.24. The van der Waals surface area contributed by atoms with Crippen molar-refractivity contribution in [2.24, 2.45) is 4.99 Å². The molecule has 0 unspecified atom stereocenters. The Morgan fingerprint density at radius 3 is 2.52 bits per heavy atom. The summed E-state index contributed by atoms with van der Waals surface area (Å²) in [5.74, 6) is -2.29. The number of carbonyl (C=O) groups excluding carboxylic acids is 2. The first-order chi connectivity index (χ1) is 14.0. The van der Waals surface area contributed by atoms with E-state index in [9.17, 15) is 18.4 Å². The van der Waals surface area contributed by atoms with Crippen molar-refractivity contribution in [1.29, 1.82) is 0 Å². The van der Waals surface area contributed by atoms with Crippen LogP contribution in [0.25, 0.3) is 0 Å². The quantitative estimate of drug-likeness (QED) is 0.851. The van der Waals surface area contributed by atoms with E-state index in [1.165, 1.54) is 4.90 Å². The third-order valence-electron chi connectivity index (χ3n) is 5.48. The molecule has 0 radical (unpaired) electrons. The van der Waals surface area contributed by atoms with Gasteiger partial charge >= 0.3 is 0 Å². The van der Waals surface area contributed by atoms with Gasteiger partial charge in [-0.1, -0.05) is 36.8 Å². The highest BCUT2D eigenvalue weighted by Crippen LogP contribution is 2.39. The predicted molar refractivity (Wildman–Crippen MR) is 105 cm³/mol. The fourth-order valence-electron chi connectivity index (χ4n) is 4.06. The second-order valence-electron chi connectivity index (χ2n) is 7.43. The zero-order valence-corrected chi connectivity index (χ0v) is 15.8. The zero-order valence-electron chi connectivity index (χ0n) is 15.8. The van der Waals surface area contributed by atoms with E-state index in [0.29, 0.717) is 24.1 Å². The standard InChI is InChI=1S/C22H21F2N3O2/c23-16-9-10-17(24)18(13-16)25-19(28)14-27-21(29)20(15-7-3-1-4-8-15)26-22(27)11-5-2-6-12-22/h1,3-4,7-10,13H,2,5-6,11-12,14H2,(H,25,28). The molecule has 5 nitrogen and oxygen atoms in total. The number of benzene rings is 2. The number of amides is 2. The molecule has 1 N–H and O–H groups in total. The molecule has 150 valence electrons. The van der Waals surface area contributed by atoms with Crippen molar-refractivity contribution in [3.8, 4) is 0 Å². The van der Waals surface area contributed by atoms with E-state index >= 15 is 0 Å². The molecule has 1 aliphatic heterocycles. The summed E-state index contributed by atoms with van der Waals surface area (Å²) in [4.78, 5) is 32.0. The first kappa shape index (κ1) is 19.2. The molecule has 2 amide bonds. The van der Waals surface area contributed by atoms with Gasteiger partial charge in [-0.2, -0.15) is 0 Å². The number of hydrogen-bond donors (Lipinski definition) is 1. The molecule has 0 saturated heterocycles. The number of halogens is 2. The molecule has 0 aromatic heterocycles. The molecule has 0 atom stereocenters. The van der Waals surface area contributed by atoms with Gasteiger partial charge in [-0.15, -0.1) is 0 Å². The lowest BCUT2D eigenvalue weighted by Crippen LogP contribution is -2.51. The fourth-order valence-corrected chi connectivity index (χ4v) is 4.06. The van der Waals surface area contributed by atoms with E-state index in [2.05, 4.69) is 5.32 Å². The molecule has 4 rings (SSSR count). The lowest BCUT2D eigenvalue weighted by atomic mass is 9.88. The number of rotatable bonds is 4. The number of aliphatic imine (C=N–C) groups is 1. The van der Waals surface area contributed by atoms with E-state index in [4.69, 9.17) is 4.99 Å². The maximum Gasteiger partial charge on any atom is 0.275 e. The number of carbonyl (C=O) groups is 2. The van der Waals surface area contributed by atoms with Crippen LogP contribution in [0.1, 0.15) is 37.7 Å². The minimum absolute atomic E-state index is 0.247. The van der Waals surface area contributed by atoms with Gasteiger partial charge in [-0.3, -0.25) is 14.6 Å². The Hall–Kier alpha value is -3.09. The van der Waals surface area contributed by atoms with Crippen LogP contribution in [-0.2, 0) is 9.59 Å². The lowest BCUT2D eigenvalue weighted by Gasteiger charge is -2.38. The Bertz CT molecular complexity index is 969. The van der Waals surface area contributed by atoms with Crippen molar-refractivity contribution in [1.82, 2.24) is 4.90 Å². The number of nitrogens with zero attached hydrogens (tertiary/aromatic N) is 2. The average molecular weight is 397 g/mol. The summed E-state index contributed by atoms with van der Waals surface area (Å²) in [5, 5.41) is 2.38. The maximum atomic E-state index is 13.9. The molecule has 2 aromatic rings. The topological polar surface area (TPSA) is 61.8 Å². The Balaban J connectivity index is 1.59. The van der Waals surface area contributed by atoms with Crippen LogP contribution in [-0.4, -0.2) is 34.6 Å². The zero-order chi connectivity index (χ0) is 20.4. The van der Waals surface area contributed by atoms with Crippen molar-refractivity contribution in [3.63, 3.8) is 0 Å². The molecule has 7 heteroatoms.